The molecule has 2 aromatic rings. The largest absolute Gasteiger partial charge is 0.506 e. The lowest BCUT2D eigenvalue weighted by Gasteiger charge is -1.93. The zero-order chi connectivity index (χ0) is 9.59. The van der Waals surface area contributed by atoms with Gasteiger partial charge in [-0.1, -0.05) is 0 Å². The van der Waals surface area contributed by atoms with Crippen LogP contribution in [0.4, 0.5) is 0 Å². The molecular weight excluding hydrogens is 186 g/mol. The van der Waals surface area contributed by atoms with Crippen molar-refractivity contribution in [3.63, 3.8) is 0 Å². The lowest BCUT2D eigenvalue weighted by molar-refractivity contribution is 0.481. The van der Waals surface area contributed by atoms with Crippen molar-refractivity contribution < 1.29 is 5.11 Å². The molecular formula is C9H9NO2S. The Morgan fingerprint density at radius 3 is 2.85 bits per heavy atom. The fourth-order valence-corrected chi connectivity index (χ4v) is 2.34. The zero-order valence-corrected chi connectivity index (χ0v) is 8.16. The Morgan fingerprint density at radius 1 is 1.46 bits per heavy atom. The van der Waals surface area contributed by atoms with Gasteiger partial charge in [0.1, 0.15) is 5.75 Å². The Hall–Kier alpha value is -1.29. The average molecular weight is 195 g/mol. The molecule has 0 aliphatic heterocycles. The molecule has 3 nitrogen and oxygen atoms in total. The van der Waals surface area contributed by atoms with Crippen LogP contribution in [0, 0.1) is 13.8 Å². The number of nitrogens with one attached hydrogen (secondary N) is 1. The summed E-state index contributed by atoms with van der Waals surface area (Å²) in [6, 6.07) is 1.21. The van der Waals surface area contributed by atoms with Crippen LogP contribution in [0.1, 0.15) is 10.4 Å². The predicted molar refractivity (Wildman–Crippen MR) is 53.6 cm³/mol. The number of thiophene rings is 1. The molecule has 2 heterocycles. The minimum absolute atomic E-state index is 0.0694. The molecule has 0 fully saturated rings. The topological polar surface area (TPSA) is 53.1 Å². The van der Waals surface area contributed by atoms with Crippen molar-refractivity contribution in [2.24, 2.45) is 0 Å². The van der Waals surface area contributed by atoms with Crippen molar-refractivity contribution in [1.82, 2.24) is 4.98 Å². The maximum atomic E-state index is 11.1. The van der Waals surface area contributed by atoms with E-state index in [1.54, 1.807) is 0 Å². The van der Waals surface area contributed by atoms with E-state index < -0.39 is 0 Å². The van der Waals surface area contributed by atoms with Gasteiger partial charge in [-0.15, -0.1) is 11.3 Å². The number of rotatable bonds is 0. The van der Waals surface area contributed by atoms with E-state index in [1.807, 2.05) is 13.8 Å². The third kappa shape index (κ3) is 1.14. The van der Waals surface area contributed by atoms with Crippen molar-refractivity contribution in [1.29, 1.82) is 0 Å². The smallest absolute Gasteiger partial charge is 0.252 e. The van der Waals surface area contributed by atoms with Crippen molar-refractivity contribution in [3.8, 4) is 5.75 Å². The van der Waals surface area contributed by atoms with E-state index in [0.29, 0.717) is 0 Å². The third-order valence-electron chi connectivity index (χ3n) is 2.13. The van der Waals surface area contributed by atoms with Gasteiger partial charge in [-0.3, -0.25) is 4.79 Å². The predicted octanol–water partition coefficient (Wildman–Crippen LogP) is 1.91. The quantitative estimate of drug-likeness (QED) is 0.674. The first-order valence-electron chi connectivity index (χ1n) is 3.91. The molecule has 0 aliphatic rings. The maximum Gasteiger partial charge on any atom is 0.252 e. The Labute approximate surface area is 78.7 Å². The van der Waals surface area contributed by atoms with Crippen LogP contribution in [-0.2, 0) is 0 Å². The number of hydrogen-bond acceptors (Lipinski definition) is 3. The highest BCUT2D eigenvalue weighted by Crippen LogP contribution is 2.33. The molecule has 0 spiro atoms. The number of hydrogen-bond donors (Lipinski definition) is 2. The third-order valence-corrected chi connectivity index (χ3v) is 3.36. The molecule has 0 amide bonds. The number of aromatic hydroxyl groups is 1. The van der Waals surface area contributed by atoms with Gasteiger partial charge in [0.25, 0.3) is 5.56 Å². The van der Waals surface area contributed by atoms with Crippen molar-refractivity contribution in [2.75, 3.05) is 0 Å². The van der Waals surface area contributed by atoms with Crippen LogP contribution in [-0.4, -0.2) is 10.1 Å². The van der Waals surface area contributed by atoms with Crippen molar-refractivity contribution in [3.05, 3.63) is 26.9 Å². The molecule has 2 aromatic heterocycles. The van der Waals surface area contributed by atoms with Gasteiger partial charge in [0.15, 0.2) is 0 Å². The molecule has 0 aliphatic carbocycles. The minimum Gasteiger partial charge on any atom is -0.506 e. The van der Waals surface area contributed by atoms with E-state index in [0.717, 1.165) is 20.7 Å². The standard InChI is InChI=1S/C9H9NO2S/c1-4-5(2)13-9-6(11)3-7(12)10-8(4)9/h3H,1-2H3,(H2,10,11,12). The van der Waals surface area contributed by atoms with Gasteiger partial charge < -0.3 is 10.1 Å². The number of fused-ring (bicyclic) bond motifs is 1. The fraction of sp³-hybridized carbons (Fsp3) is 0.222. The van der Waals surface area contributed by atoms with Crippen LogP contribution in [0.25, 0.3) is 10.2 Å². The lowest BCUT2D eigenvalue weighted by atomic mass is 10.2. The second-order valence-electron chi connectivity index (χ2n) is 3.01. The first kappa shape index (κ1) is 8.31. The molecule has 2 rings (SSSR count). The second kappa shape index (κ2) is 2.60. The first-order valence-corrected chi connectivity index (χ1v) is 4.73. The summed E-state index contributed by atoms with van der Waals surface area (Å²) >= 11 is 1.49. The summed E-state index contributed by atoms with van der Waals surface area (Å²) in [4.78, 5) is 14.9. The number of aryl methyl sites for hydroxylation is 2. The van der Waals surface area contributed by atoms with Crippen LogP contribution in [0.15, 0.2) is 10.9 Å². The number of aromatic amines is 1. The van der Waals surface area contributed by atoms with Crippen LogP contribution in [0.5, 0.6) is 5.75 Å². The summed E-state index contributed by atoms with van der Waals surface area (Å²) in [5, 5.41) is 9.48. The van der Waals surface area contributed by atoms with Crippen LogP contribution in [0.3, 0.4) is 0 Å². The van der Waals surface area contributed by atoms with E-state index in [1.165, 1.54) is 17.4 Å². The zero-order valence-electron chi connectivity index (χ0n) is 7.34. The monoisotopic (exact) mass is 195 g/mol. The Kier molecular flexibility index (Phi) is 1.66. The van der Waals surface area contributed by atoms with E-state index >= 15 is 0 Å². The summed E-state index contributed by atoms with van der Waals surface area (Å²) in [7, 11) is 0. The van der Waals surface area contributed by atoms with Gasteiger partial charge in [0, 0.05) is 10.9 Å². The SMILES string of the molecule is Cc1sc2c(O)cc(=O)[nH]c2c1C. The molecule has 0 atom stereocenters. The molecule has 0 radical (unpaired) electrons. The van der Waals surface area contributed by atoms with E-state index in [9.17, 15) is 9.90 Å². The van der Waals surface area contributed by atoms with Gasteiger partial charge in [-0.05, 0) is 19.4 Å². The Bertz CT molecular complexity index is 524. The van der Waals surface area contributed by atoms with Crippen LogP contribution >= 0.6 is 11.3 Å². The number of H-pyrrole nitrogens is 1. The minimum atomic E-state index is -0.258. The Balaban J connectivity index is 3.03. The van der Waals surface area contributed by atoms with E-state index in [4.69, 9.17) is 0 Å². The molecule has 68 valence electrons. The maximum absolute atomic E-state index is 11.1. The fourth-order valence-electron chi connectivity index (χ4n) is 1.31. The summed E-state index contributed by atoms with van der Waals surface area (Å²) in [5.41, 5.74) is 1.53. The summed E-state index contributed by atoms with van der Waals surface area (Å²) in [6.07, 6.45) is 0. The number of aromatic nitrogens is 1. The van der Waals surface area contributed by atoms with E-state index in [2.05, 4.69) is 4.98 Å². The van der Waals surface area contributed by atoms with Crippen molar-refractivity contribution in [2.45, 2.75) is 13.8 Å². The van der Waals surface area contributed by atoms with Crippen LogP contribution in [0.2, 0.25) is 0 Å². The van der Waals surface area contributed by atoms with Crippen molar-refractivity contribution >= 4 is 21.6 Å². The summed E-state index contributed by atoms with van der Waals surface area (Å²) in [6.45, 7) is 3.90. The molecule has 13 heavy (non-hydrogen) atoms. The molecule has 0 saturated carbocycles. The van der Waals surface area contributed by atoms with Gasteiger partial charge in [0.05, 0.1) is 10.2 Å². The lowest BCUT2D eigenvalue weighted by Crippen LogP contribution is -2.02. The average Bonchev–Trinajstić information content (AvgIpc) is 2.32. The van der Waals surface area contributed by atoms with Gasteiger partial charge in [-0.25, -0.2) is 0 Å². The van der Waals surface area contributed by atoms with Gasteiger partial charge in [-0.2, -0.15) is 0 Å². The molecule has 0 aromatic carbocycles. The summed E-state index contributed by atoms with van der Waals surface area (Å²) in [5.74, 6) is 0.0694. The van der Waals surface area contributed by atoms with Crippen LogP contribution < -0.4 is 5.56 Å². The normalized spacial score (nSPS) is 10.9. The molecule has 0 bridgehead atoms. The second-order valence-corrected chi connectivity index (χ2v) is 4.23. The van der Waals surface area contributed by atoms with Gasteiger partial charge >= 0.3 is 0 Å². The highest BCUT2D eigenvalue weighted by atomic mass is 32.1. The number of pyridine rings is 1. The Morgan fingerprint density at radius 2 is 2.15 bits per heavy atom. The molecule has 0 unspecified atom stereocenters. The highest BCUT2D eigenvalue weighted by Gasteiger charge is 2.09. The first-order chi connectivity index (χ1) is 6.09. The summed E-state index contributed by atoms with van der Waals surface area (Å²) < 4.78 is 0.759. The van der Waals surface area contributed by atoms with E-state index in [-0.39, 0.29) is 11.3 Å². The molecule has 0 saturated heterocycles. The van der Waals surface area contributed by atoms with Gasteiger partial charge in [0.2, 0.25) is 0 Å². The highest BCUT2D eigenvalue weighted by molar-refractivity contribution is 7.19. The molecule has 4 heteroatoms. The molecule has 2 N–H and O–H groups in total.